The van der Waals surface area contributed by atoms with E-state index in [-0.39, 0.29) is 30.0 Å². The van der Waals surface area contributed by atoms with E-state index in [2.05, 4.69) is 21.9 Å². The van der Waals surface area contributed by atoms with E-state index in [0.29, 0.717) is 19.5 Å². The predicted octanol–water partition coefficient (Wildman–Crippen LogP) is 4.90. The normalized spacial score (nSPS) is 26.6. The Morgan fingerprint density at radius 2 is 1.86 bits per heavy atom. The number of allylic oxidation sites excluding steroid dienone is 3. The Morgan fingerprint density at radius 3 is 2.59 bits per heavy atom. The molecule has 2 aliphatic rings. The smallest absolute Gasteiger partial charge is 0.410 e. The van der Waals surface area contributed by atoms with Gasteiger partial charge in [-0.15, -0.1) is 0 Å². The summed E-state index contributed by atoms with van der Waals surface area (Å²) in [6, 6.07) is 1.80. The summed E-state index contributed by atoms with van der Waals surface area (Å²) in [7, 11) is 2.06. The Morgan fingerprint density at radius 1 is 1.14 bits per heavy atom. The van der Waals surface area contributed by atoms with Gasteiger partial charge in [-0.1, -0.05) is 44.6 Å². The van der Waals surface area contributed by atoms with E-state index >= 15 is 0 Å². The summed E-state index contributed by atoms with van der Waals surface area (Å²) in [5, 5.41) is 0. The highest BCUT2D eigenvalue weighted by molar-refractivity contribution is 5.70. The molecule has 3 heterocycles. The first kappa shape index (κ1) is 28.6. The summed E-state index contributed by atoms with van der Waals surface area (Å²) in [4.78, 5) is 37.9. The zero-order valence-electron chi connectivity index (χ0n) is 22.7. The van der Waals surface area contributed by atoms with Crippen LogP contribution in [-0.2, 0) is 14.3 Å². The third kappa shape index (κ3) is 9.43. The molecule has 0 N–H and O–H groups in total. The van der Waals surface area contributed by atoms with E-state index in [1.807, 2.05) is 51.2 Å². The molecule has 1 aromatic rings. The highest BCUT2D eigenvalue weighted by Gasteiger charge is 2.25. The number of nitrogens with zero attached hydrogens (tertiary/aromatic N) is 4. The van der Waals surface area contributed by atoms with Gasteiger partial charge in [0.1, 0.15) is 18.0 Å². The predicted molar refractivity (Wildman–Crippen MR) is 144 cm³/mol. The summed E-state index contributed by atoms with van der Waals surface area (Å²) in [6.07, 6.45) is 16.2. The maximum atomic E-state index is 12.8. The molecule has 0 radical (unpaired) electrons. The second-order valence-corrected chi connectivity index (χ2v) is 10.2. The van der Waals surface area contributed by atoms with Crippen LogP contribution in [0.3, 0.4) is 0 Å². The van der Waals surface area contributed by atoms with Gasteiger partial charge < -0.3 is 19.3 Å². The lowest BCUT2D eigenvalue weighted by Gasteiger charge is -2.32. The quantitative estimate of drug-likeness (QED) is 0.316. The van der Waals surface area contributed by atoms with Gasteiger partial charge in [0.2, 0.25) is 0 Å². The fourth-order valence-corrected chi connectivity index (χ4v) is 4.50. The van der Waals surface area contributed by atoms with Crippen molar-refractivity contribution in [1.82, 2.24) is 19.8 Å². The van der Waals surface area contributed by atoms with Crippen molar-refractivity contribution in [2.24, 2.45) is 5.92 Å². The minimum absolute atomic E-state index is 0.0668. The Kier molecular flexibility index (Phi) is 11.3. The SMILES string of the molecule is C/C(=C\C=C\C(C)c1ncccn1)[C@H]1OC(=O)CCCCC[C@@H](OC(=O)N2CCN(C)CC2)/C=C\[C@@H]1C. The van der Waals surface area contributed by atoms with Crippen LogP contribution in [-0.4, -0.2) is 77.3 Å². The number of cyclic esters (lactones) is 1. The molecule has 202 valence electrons. The molecule has 3 rings (SSSR count). The van der Waals surface area contributed by atoms with Crippen LogP contribution in [0, 0.1) is 5.92 Å². The molecule has 0 aliphatic carbocycles. The van der Waals surface area contributed by atoms with Crippen LogP contribution < -0.4 is 0 Å². The number of amides is 1. The molecular weight excluding hydrogens is 468 g/mol. The molecule has 1 fully saturated rings. The fraction of sp³-hybridized carbons (Fsp3) is 0.586. The molecule has 8 heteroatoms. The molecule has 1 unspecified atom stereocenters. The lowest BCUT2D eigenvalue weighted by atomic mass is 9.95. The van der Waals surface area contributed by atoms with Crippen molar-refractivity contribution in [2.75, 3.05) is 33.2 Å². The van der Waals surface area contributed by atoms with Gasteiger partial charge in [0.05, 0.1) is 0 Å². The maximum Gasteiger partial charge on any atom is 0.410 e. The van der Waals surface area contributed by atoms with Crippen molar-refractivity contribution in [3.63, 3.8) is 0 Å². The zero-order chi connectivity index (χ0) is 26.6. The number of hydrogen-bond donors (Lipinski definition) is 0. The van der Waals surface area contributed by atoms with Gasteiger partial charge in [-0.3, -0.25) is 4.79 Å². The monoisotopic (exact) mass is 510 g/mol. The van der Waals surface area contributed by atoms with Crippen molar-refractivity contribution >= 4 is 12.1 Å². The summed E-state index contributed by atoms with van der Waals surface area (Å²) in [6.45, 7) is 9.14. The molecule has 1 aromatic heterocycles. The topological polar surface area (TPSA) is 84.9 Å². The van der Waals surface area contributed by atoms with E-state index in [4.69, 9.17) is 9.47 Å². The second kappa shape index (κ2) is 14.7. The molecule has 0 bridgehead atoms. The van der Waals surface area contributed by atoms with Crippen molar-refractivity contribution in [1.29, 1.82) is 0 Å². The van der Waals surface area contributed by atoms with Crippen molar-refractivity contribution < 1.29 is 19.1 Å². The minimum Gasteiger partial charge on any atom is -0.457 e. The van der Waals surface area contributed by atoms with E-state index in [9.17, 15) is 9.59 Å². The number of rotatable bonds is 5. The Labute approximate surface area is 221 Å². The van der Waals surface area contributed by atoms with Gasteiger partial charge >= 0.3 is 12.1 Å². The second-order valence-electron chi connectivity index (χ2n) is 10.2. The number of hydrogen-bond acceptors (Lipinski definition) is 7. The van der Waals surface area contributed by atoms with Crippen molar-refractivity contribution in [3.8, 4) is 0 Å². The summed E-state index contributed by atoms with van der Waals surface area (Å²) in [5.41, 5.74) is 0.950. The highest BCUT2D eigenvalue weighted by Crippen LogP contribution is 2.23. The molecule has 37 heavy (non-hydrogen) atoms. The minimum atomic E-state index is -0.398. The number of likely N-dealkylation sites (N-methyl/N-ethyl adjacent to an activating group) is 1. The Balaban J connectivity index is 1.69. The average Bonchev–Trinajstić information content (AvgIpc) is 2.89. The number of carbonyl (C=O) groups excluding carboxylic acids is 2. The van der Waals surface area contributed by atoms with Crippen LogP contribution in [0.5, 0.6) is 0 Å². The highest BCUT2D eigenvalue weighted by atomic mass is 16.6. The number of piperazine rings is 1. The van der Waals surface area contributed by atoms with E-state index in [1.165, 1.54) is 0 Å². The lowest BCUT2D eigenvalue weighted by molar-refractivity contribution is -0.148. The fourth-order valence-electron chi connectivity index (χ4n) is 4.50. The van der Waals surface area contributed by atoms with E-state index < -0.39 is 6.10 Å². The summed E-state index contributed by atoms with van der Waals surface area (Å²) in [5.74, 6) is 0.576. The molecule has 4 atom stereocenters. The number of esters is 1. The number of carbonyl (C=O) groups is 2. The Hall–Kier alpha value is -3.00. The van der Waals surface area contributed by atoms with Gasteiger partial charge in [0.25, 0.3) is 0 Å². The Bertz CT molecular complexity index is 954. The van der Waals surface area contributed by atoms with E-state index in [0.717, 1.165) is 50.2 Å². The summed E-state index contributed by atoms with van der Waals surface area (Å²) >= 11 is 0. The standard InChI is InChI=1S/C29H42N4O4/c1-22(10-8-11-24(3)28-30-16-9-17-31-28)27-23(2)14-15-25(12-6-5-7-13-26(34)37-27)36-29(35)33-20-18-32(4)19-21-33/h8-11,14-17,23-25,27H,5-7,12-13,18-21H2,1-4H3/b11-8+,15-14-,22-10+/t23-,24?,25+,27+/m0/s1. The molecule has 0 aromatic carbocycles. The van der Waals surface area contributed by atoms with Crippen LogP contribution in [0.25, 0.3) is 0 Å². The van der Waals surface area contributed by atoms with Gasteiger partial charge in [0.15, 0.2) is 0 Å². The largest absolute Gasteiger partial charge is 0.457 e. The third-order valence-corrected chi connectivity index (χ3v) is 6.95. The third-order valence-electron chi connectivity index (χ3n) is 6.95. The van der Waals surface area contributed by atoms with Crippen molar-refractivity contribution in [3.05, 3.63) is 60.2 Å². The van der Waals surface area contributed by atoms with Crippen molar-refractivity contribution in [2.45, 2.75) is 71.0 Å². The van der Waals surface area contributed by atoms with Crippen LogP contribution in [0.2, 0.25) is 0 Å². The molecule has 2 aliphatic heterocycles. The molecule has 0 spiro atoms. The van der Waals surface area contributed by atoms with Gasteiger partial charge in [-0.05, 0) is 50.9 Å². The summed E-state index contributed by atoms with van der Waals surface area (Å²) < 4.78 is 11.8. The number of aromatic nitrogens is 2. The van der Waals surface area contributed by atoms with Crippen LogP contribution in [0.4, 0.5) is 4.79 Å². The lowest BCUT2D eigenvalue weighted by Crippen LogP contribution is -2.47. The maximum absolute atomic E-state index is 12.8. The average molecular weight is 511 g/mol. The molecule has 1 amide bonds. The van der Waals surface area contributed by atoms with E-state index in [1.54, 1.807) is 23.4 Å². The number of ether oxygens (including phenoxy) is 2. The van der Waals surface area contributed by atoms with Crippen LogP contribution >= 0.6 is 0 Å². The zero-order valence-corrected chi connectivity index (χ0v) is 22.7. The molecule has 8 nitrogen and oxygen atoms in total. The first-order chi connectivity index (χ1) is 17.8. The van der Waals surface area contributed by atoms with Crippen LogP contribution in [0.15, 0.2) is 54.4 Å². The molecule has 0 saturated carbocycles. The first-order valence-corrected chi connectivity index (χ1v) is 13.5. The van der Waals surface area contributed by atoms with Gasteiger partial charge in [-0.25, -0.2) is 14.8 Å². The van der Waals surface area contributed by atoms with Gasteiger partial charge in [0, 0.05) is 56.8 Å². The van der Waals surface area contributed by atoms with Crippen LogP contribution in [0.1, 0.15) is 64.6 Å². The first-order valence-electron chi connectivity index (χ1n) is 13.5. The molecular formula is C29H42N4O4. The molecule has 1 saturated heterocycles. The van der Waals surface area contributed by atoms with Gasteiger partial charge in [-0.2, -0.15) is 0 Å².